The zero-order valence-corrected chi connectivity index (χ0v) is 15.4. The van der Waals surface area contributed by atoms with Crippen molar-refractivity contribution in [2.45, 2.75) is 12.3 Å². The number of ether oxygens (including phenoxy) is 2. The highest BCUT2D eigenvalue weighted by atomic mass is 35.5. The Labute approximate surface area is 166 Å². The number of nitrogens with one attached hydrogen (secondary N) is 1. The molecule has 0 radical (unpaired) electrons. The molecule has 0 fully saturated rings. The molecule has 1 aliphatic rings. The SMILES string of the molecule is O=C(NCCOCCO[N+](=O)[O-])C1=Cc2cc(Cl)cc(Cl)c2OC1C(F)(F)F. The Morgan fingerprint density at radius 2 is 2.00 bits per heavy atom. The molecular weight excluding hydrogens is 432 g/mol. The maximum absolute atomic E-state index is 13.3. The van der Waals surface area contributed by atoms with Gasteiger partial charge in [-0.3, -0.25) is 4.79 Å². The minimum absolute atomic E-state index is 0.0914. The number of halogens is 5. The summed E-state index contributed by atoms with van der Waals surface area (Å²) in [5.41, 5.74) is -0.536. The molecule has 0 aliphatic carbocycles. The molecule has 28 heavy (non-hydrogen) atoms. The van der Waals surface area contributed by atoms with E-state index in [9.17, 15) is 28.1 Å². The average Bonchev–Trinajstić information content (AvgIpc) is 2.58. The van der Waals surface area contributed by atoms with E-state index >= 15 is 0 Å². The van der Waals surface area contributed by atoms with E-state index in [-0.39, 0.29) is 47.7 Å². The Balaban J connectivity index is 2.04. The molecule has 13 heteroatoms. The normalized spacial score (nSPS) is 15.9. The molecule has 1 aromatic rings. The second-order valence-corrected chi connectivity index (χ2v) is 6.21. The standard InChI is InChI=1S/C15H13Cl2F3N2O6/c16-9-5-8-6-10(13(15(18,19)20)28-12(8)11(17)7-9)14(23)21-1-2-26-3-4-27-22(24)25/h5-7,13H,1-4H2,(H,21,23). The van der Waals surface area contributed by atoms with Crippen molar-refractivity contribution in [3.05, 3.63) is 43.4 Å². The van der Waals surface area contributed by atoms with Gasteiger partial charge in [-0.1, -0.05) is 23.2 Å². The average molecular weight is 445 g/mol. The van der Waals surface area contributed by atoms with Crippen LogP contribution in [0.25, 0.3) is 6.08 Å². The first-order chi connectivity index (χ1) is 13.1. The number of nitrogens with zero attached hydrogens (tertiary/aromatic N) is 1. The third kappa shape index (κ3) is 5.88. The number of hydrogen-bond donors (Lipinski definition) is 1. The topological polar surface area (TPSA) is 99.9 Å². The predicted molar refractivity (Wildman–Crippen MR) is 91.7 cm³/mol. The Kier molecular flexibility index (Phi) is 7.33. The van der Waals surface area contributed by atoms with E-state index in [2.05, 4.69) is 10.2 Å². The van der Waals surface area contributed by atoms with Gasteiger partial charge in [0.15, 0.2) is 0 Å². The van der Waals surface area contributed by atoms with Crippen LogP contribution in [-0.4, -0.2) is 49.6 Å². The summed E-state index contributed by atoms with van der Waals surface area (Å²) in [6.07, 6.45) is -6.36. The van der Waals surface area contributed by atoms with Gasteiger partial charge in [0.2, 0.25) is 6.10 Å². The van der Waals surface area contributed by atoms with Crippen molar-refractivity contribution in [2.24, 2.45) is 0 Å². The largest absolute Gasteiger partial charge is 0.474 e. The molecule has 8 nitrogen and oxygen atoms in total. The summed E-state index contributed by atoms with van der Waals surface area (Å²) < 4.78 is 49.9. The molecule has 1 N–H and O–H groups in total. The molecule has 1 atom stereocenters. The minimum Gasteiger partial charge on any atom is -0.474 e. The molecule has 1 aliphatic heterocycles. The lowest BCUT2D eigenvalue weighted by atomic mass is 10.0. The Hall–Kier alpha value is -2.24. The first-order valence-electron chi connectivity index (χ1n) is 7.67. The molecule has 0 spiro atoms. The van der Waals surface area contributed by atoms with Gasteiger partial charge in [0.25, 0.3) is 11.0 Å². The lowest BCUT2D eigenvalue weighted by Crippen LogP contribution is -2.44. The van der Waals surface area contributed by atoms with Crippen LogP contribution in [0, 0.1) is 10.1 Å². The Morgan fingerprint density at radius 1 is 1.29 bits per heavy atom. The van der Waals surface area contributed by atoms with Gasteiger partial charge < -0.3 is 19.6 Å². The van der Waals surface area contributed by atoms with Crippen molar-refractivity contribution in [3.63, 3.8) is 0 Å². The number of hydrogen-bond acceptors (Lipinski definition) is 6. The third-order valence-corrected chi connectivity index (χ3v) is 3.88. The molecular formula is C15H13Cl2F3N2O6. The fourth-order valence-electron chi connectivity index (χ4n) is 2.28. The summed E-state index contributed by atoms with van der Waals surface area (Å²) in [6, 6.07) is 2.55. The molecule has 1 amide bonds. The molecule has 0 aromatic heterocycles. The molecule has 154 valence electrons. The van der Waals surface area contributed by atoms with Gasteiger partial charge in [0, 0.05) is 17.1 Å². The van der Waals surface area contributed by atoms with Crippen molar-refractivity contribution in [3.8, 4) is 5.75 Å². The van der Waals surface area contributed by atoms with E-state index in [4.69, 9.17) is 32.7 Å². The van der Waals surface area contributed by atoms with Crippen LogP contribution in [0.4, 0.5) is 13.2 Å². The number of carbonyl (C=O) groups is 1. The Morgan fingerprint density at radius 3 is 2.64 bits per heavy atom. The third-order valence-electron chi connectivity index (χ3n) is 3.38. The lowest BCUT2D eigenvalue weighted by molar-refractivity contribution is -0.758. The van der Waals surface area contributed by atoms with Gasteiger partial charge >= 0.3 is 6.18 Å². The van der Waals surface area contributed by atoms with Crippen molar-refractivity contribution in [1.29, 1.82) is 0 Å². The van der Waals surface area contributed by atoms with Gasteiger partial charge in [0.05, 0.1) is 23.8 Å². The maximum atomic E-state index is 13.3. The van der Waals surface area contributed by atoms with Gasteiger partial charge in [-0.2, -0.15) is 13.2 Å². The summed E-state index contributed by atoms with van der Waals surface area (Å²) >= 11 is 11.7. The summed E-state index contributed by atoms with van der Waals surface area (Å²) in [5.74, 6) is -1.24. The number of carbonyl (C=O) groups excluding carboxylic acids is 1. The van der Waals surface area contributed by atoms with Gasteiger partial charge in [0.1, 0.15) is 12.4 Å². The number of fused-ring (bicyclic) bond motifs is 1. The zero-order chi connectivity index (χ0) is 20.9. The fraction of sp³-hybridized carbons (Fsp3) is 0.400. The zero-order valence-electron chi connectivity index (χ0n) is 13.9. The van der Waals surface area contributed by atoms with Crippen molar-refractivity contribution in [2.75, 3.05) is 26.4 Å². The van der Waals surface area contributed by atoms with Crippen LogP contribution in [0.1, 0.15) is 5.56 Å². The second kappa shape index (κ2) is 9.30. The van der Waals surface area contributed by atoms with E-state index in [1.54, 1.807) is 0 Å². The maximum Gasteiger partial charge on any atom is 0.429 e. The minimum atomic E-state index is -4.86. The van der Waals surface area contributed by atoms with Crippen LogP contribution >= 0.6 is 23.2 Å². The summed E-state index contributed by atoms with van der Waals surface area (Å²) in [7, 11) is 0. The van der Waals surface area contributed by atoms with Gasteiger partial charge in [-0.25, -0.2) is 0 Å². The van der Waals surface area contributed by atoms with Crippen molar-refractivity contribution < 1.29 is 37.4 Å². The number of benzene rings is 1. The highest BCUT2D eigenvalue weighted by molar-refractivity contribution is 6.36. The van der Waals surface area contributed by atoms with Gasteiger partial charge in [-0.05, 0) is 18.2 Å². The van der Waals surface area contributed by atoms with Crippen LogP contribution < -0.4 is 10.1 Å². The quantitative estimate of drug-likeness (QED) is 0.375. The molecule has 2 rings (SSSR count). The van der Waals surface area contributed by atoms with Crippen LogP contribution in [0.5, 0.6) is 5.75 Å². The van der Waals surface area contributed by atoms with Gasteiger partial charge in [-0.15, -0.1) is 10.1 Å². The fourth-order valence-corrected chi connectivity index (χ4v) is 2.83. The molecule has 0 bridgehead atoms. The highest BCUT2D eigenvalue weighted by Gasteiger charge is 2.48. The van der Waals surface area contributed by atoms with Crippen LogP contribution in [0.2, 0.25) is 10.0 Å². The first-order valence-corrected chi connectivity index (χ1v) is 8.42. The summed E-state index contributed by atoms with van der Waals surface area (Å²) in [6.45, 7) is -0.666. The summed E-state index contributed by atoms with van der Waals surface area (Å²) in [4.78, 5) is 26.2. The van der Waals surface area contributed by atoms with E-state index in [0.717, 1.165) is 6.08 Å². The molecule has 0 saturated carbocycles. The van der Waals surface area contributed by atoms with Crippen LogP contribution in [-0.2, 0) is 14.4 Å². The lowest BCUT2D eigenvalue weighted by Gasteiger charge is -2.29. The number of rotatable bonds is 8. The molecule has 1 unspecified atom stereocenters. The number of amides is 1. The van der Waals surface area contributed by atoms with E-state index in [1.165, 1.54) is 12.1 Å². The Bertz CT molecular complexity index is 788. The first kappa shape index (κ1) is 22.1. The summed E-state index contributed by atoms with van der Waals surface area (Å²) in [5, 5.41) is 11.3. The van der Waals surface area contributed by atoms with E-state index in [1.807, 2.05) is 0 Å². The second-order valence-electron chi connectivity index (χ2n) is 5.37. The van der Waals surface area contributed by atoms with Crippen LogP contribution in [0.15, 0.2) is 17.7 Å². The predicted octanol–water partition coefficient (Wildman–Crippen LogP) is 3.04. The van der Waals surface area contributed by atoms with E-state index < -0.39 is 28.8 Å². The van der Waals surface area contributed by atoms with E-state index in [0.29, 0.717) is 0 Å². The molecule has 1 heterocycles. The van der Waals surface area contributed by atoms with Crippen molar-refractivity contribution >= 4 is 35.2 Å². The smallest absolute Gasteiger partial charge is 0.429 e. The highest BCUT2D eigenvalue weighted by Crippen LogP contribution is 2.42. The van der Waals surface area contributed by atoms with Crippen LogP contribution in [0.3, 0.4) is 0 Å². The molecule has 1 aromatic carbocycles. The monoisotopic (exact) mass is 444 g/mol. The molecule has 0 saturated heterocycles. The van der Waals surface area contributed by atoms with Crippen molar-refractivity contribution in [1.82, 2.24) is 5.32 Å². The number of alkyl halides is 3.